The molecule has 2 heterocycles. The first kappa shape index (κ1) is 52.0. The van der Waals surface area contributed by atoms with Gasteiger partial charge in [0.1, 0.15) is 48.8 Å². The molecule has 0 aliphatic carbocycles. The molecule has 9 rings (SSSR count). The van der Waals surface area contributed by atoms with Gasteiger partial charge in [0.05, 0.1) is 59.5 Å². The van der Waals surface area contributed by atoms with Crippen LogP contribution in [0.2, 0.25) is 0 Å². The minimum atomic E-state index is -0.999. The van der Waals surface area contributed by atoms with Crippen LogP contribution in [0.15, 0.2) is 212 Å². The van der Waals surface area contributed by atoms with Crippen molar-refractivity contribution in [2.24, 2.45) is 0 Å². The third-order valence-electron chi connectivity index (χ3n) is 12.9. The lowest BCUT2D eigenvalue weighted by Gasteiger charge is -2.48. The zero-order chi connectivity index (χ0) is 49.7. The topological polar surface area (TPSA) is 102 Å². The number of benzene rings is 7. The quantitative estimate of drug-likeness (QED) is 0.0518. The van der Waals surface area contributed by atoms with E-state index in [1.54, 1.807) is 7.11 Å². The van der Waals surface area contributed by atoms with E-state index in [1.165, 1.54) is 0 Å². The second-order valence-corrected chi connectivity index (χ2v) is 18.2. The number of hydrogen-bond donors (Lipinski definition) is 0. The average Bonchev–Trinajstić information content (AvgIpc) is 3.45. The molecular weight excluding hydrogens is 921 g/mol. The Morgan fingerprint density at radius 3 is 0.863 bits per heavy atom. The summed E-state index contributed by atoms with van der Waals surface area (Å²) in [6, 6.07) is 70.4. The number of rotatable bonds is 26. The number of hydrogen-bond acceptors (Lipinski definition) is 11. The minimum absolute atomic E-state index is 0.00960. The molecule has 2 aliphatic heterocycles. The molecule has 0 N–H and O–H groups in total. The summed E-state index contributed by atoms with van der Waals surface area (Å²) < 4.78 is 75.2. The van der Waals surface area contributed by atoms with Crippen molar-refractivity contribution in [3.63, 3.8) is 0 Å². The van der Waals surface area contributed by atoms with Gasteiger partial charge in [-0.25, -0.2) is 0 Å². The van der Waals surface area contributed by atoms with Crippen molar-refractivity contribution in [2.75, 3.05) is 20.3 Å². The molecule has 380 valence electrons. The van der Waals surface area contributed by atoms with Crippen molar-refractivity contribution in [1.29, 1.82) is 0 Å². The Hall–Kier alpha value is -5.90. The molecule has 0 saturated carbocycles. The fourth-order valence-corrected chi connectivity index (χ4v) is 9.14. The predicted molar refractivity (Wildman–Crippen MR) is 276 cm³/mol. The molecule has 0 spiro atoms. The first-order chi connectivity index (χ1) is 36.2. The van der Waals surface area contributed by atoms with Crippen LogP contribution >= 0.6 is 0 Å². The molecule has 0 unspecified atom stereocenters. The fraction of sp³-hybridized carbons (Fsp3) is 0.323. The van der Waals surface area contributed by atoms with Gasteiger partial charge in [0, 0.05) is 7.11 Å². The monoisotopic (exact) mass is 986 g/mol. The van der Waals surface area contributed by atoms with E-state index in [9.17, 15) is 0 Å². The van der Waals surface area contributed by atoms with Crippen LogP contribution < -0.4 is 0 Å². The van der Waals surface area contributed by atoms with Gasteiger partial charge in [-0.15, -0.1) is 0 Å². The van der Waals surface area contributed by atoms with Gasteiger partial charge < -0.3 is 52.1 Å². The van der Waals surface area contributed by atoms with Gasteiger partial charge in [0.2, 0.25) is 0 Å². The smallest absolute Gasteiger partial charge is 0.187 e. The van der Waals surface area contributed by atoms with E-state index in [4.69, 9.17) is 52.1 Å². The van der Waals surface area contributed by atoms with E-state index in [2.05, 4.69) is 0 Å². The standard InChI is InChI=1S/C62H66O11/c1-63-61-59(69-42-51-33-19-7-20-34-51)57(67-40-49-29-15-5-16-30-49)56(66-39-48-27-13-4-14-28-48)54(72-61)45-71-62-60(70-43-52-35-21-8-22-36-52)58(68-41-50-31-17-6-18-32-50)55(65-38-47-25-11-3-12-26-47)53(73-62)44-64-37-46-23-9-2-10-24-46/h2-36,53-62H,37-45H2,1H3/t53-,54-,55+,56+,57+,58+,59-,60-,61-,62-/m1/s1. The van der Waals surface area contributed by atoms with E-state index >= 15 is 0 Å². The van der Waals surface area contributed by atoms with Crippen molar-refractivity contribution in [3.05, 3.63) is 251 Å². The van der Waals surface area contributed by atoms with Crippen LogP contribution in [0, 0.1) is 0 Å². The summed E-state index contributed by atoms with van der Waals surface area (Å²) in [5.41, 5.74) is 7.00. The van der Waals surface area contributed by atoms with E-state index in [0.29, 0.717) is 26.4 Å². The molecule has 0 aromatic heterocycles. The summed E-state index contributed by atoms with van der Waals surface area (Å²) in [5.74, 6) is 0. The summed E-state index contributed by atoms with van der Waals surface area (Å²) >= 11 is 0. The molecule has 11 heteroatoms. The number of ether oxygens (including phenoxy) is 11. The first-order valence-electron chi connectivity index (χ1n) is 25.2. The predicted octanol–water partition coefficient (Wildman–Crippen LogP) is 10.8. The Morgan fingerprint density at radius 1 is 0.274 bits per heavy atom. The Balaban J connectivity index is 1.05. The van der Waals surface area contributed by atoms with Gasteiger partial charge in [-0.05, 0) is 38.9 Å². The Kier molecular flexibility index (Phi) is 19.9. The molecule has 7 aromatic carbocycles. The van der Waals surface area contributed by atoms with Crippen LogP contribution in [0.4, 0.5) is 0 Å². The van der Waals surface area contributed by atoms with Gasteiger partial charge in [-0.1, -0.05) is 212 Å². The Morgan fingerprint density at radius 2 is 0.534 bits per heavy atom. The van der Waals surface area contributed by atoms with Crippen molar-refractivity contribution in [2.45, 2.75) is 108 Å². The van der Waals surface area contributed by atoms with Crippen LogP contribution in [-0.4, -0.2) is 81.7 Å². The zero-order valence-electron chi connectivity index (χ0n) is 41.3. The van der Waals surface area contributed by atoms with Crippen LogP contribution in [0.3, 0.4) is 0 Å². The van der Waals surface area contributed by atoms with E-state index < -0.39 is 61.4 Å². The highest BCUT2D eigenvalue weighted by molar-refractivity contribution is 5.19. The third-order valence-corrected chi connectivity index (χ3v) is 12.9. The molecule has 0 radical (unpaired) electrons. The van der Waals surface area contributed by atoms with Gasteiger partial charge >= 0.3 is 0 Å². The summed E-state index contributed by atoms with van der Waals surface area (Å²) in [6.07, 6.45) is -7.47. The van der Waals surface area contributed by atoms with Crippen LogP contribution in [-0.2, 0) is 98.4 Å². The molecule has 11 nitrogen and oxygen atoms in total. The molecule has 0 amide bonds. The third kappa shape index (κ3) is 15.3. The van der Waals surface area contributed by atoms with Gasteiger partial charge in [-0.3, -0.25) is 0 Å². The van der Waals surface area contributed by atoms with Crippen molar-refractivity contribution in [1.82, 2.24) is 0 Å². The molecular formula is C62H66O11. The highest BCUT2D eigenvalue weighted by Gasteiger charge is 2.52. The van der Waals surface area contributed by atoms with Crippen molar-refractivity contribution in [3.8, 4) is 0 Å². The second kappa shape index (κ2) is 28.0. The number of methoxy groups -OCH3 is 1. The molecule has 2 saturated heterocycles. The maximum atomic E-state index is 7.10. The molecule has 73 heavy (non-hydrogen) atoms. The van der Waals surface area contributed by atoms with Gasteiger partial charge in [-0.2, -0.15) is 0 Å². The highest BCUT2D eigenvalue weighted by atomic mass is 16.7. The second-order valence-electron chi connectivity index (χ2n) is 18.2. The molecule has 0 bridgehead atoms. The van der Waals surface area contributed by atoms with Gasteiger partial charge in [0.25, 0.3) is 0 Å². The van der Waals surface area contributed by atoms with Crippen molar-refractivity contribution < 1.29 is 52.1 Å². The van der Waals surface area contributed by atoms with Gasteiger partial charge in [0.15, 0.2) is 12.6 Å². The summed E-state index contributed by atoms with van der Waals surface area (Å²) in [7, 11) is 1.61. The summed E-state index contributed by atoms with van der Waals surface area (Å²) in [6.45, 7) is 2.25. The van der Waals surface area contributed by atoms with E-state index in [1.807, 2.05) is 212 Å². The lowest BCUT2D eigenvalue weighted by molar-refractivity contribution is -0.351. The van der Waals surface area contributed by atoms with E-state index in [0.717, 1.165) is 38.9 Å². The summed E-state index contributed by atoms with van der Waals surface area (Å²) in [4.78, 5) is 0. The lowest BCUT2D eigenvalue weighted by atomic mass is 9.96. The molecule has 7 aromatic rings. The van der Waals surface area contributed by atoms with Crippen LogP contribution in [0.1, 0.15) is 38.9 Å². The maximum absolute atomic E-state index is 7.10. The first-order valence-corrected chi connectivity index (χ1v) is 25.2. The minimum Gasteiger partial charge on any atom is -0.374 e. The Bertz CT molecular complexity index is 2560. The highest BCUT2D eigenvalue weighted by Crippen LogP contribution is 2.35. The maximum Gasteiger partial charge on any atom is 0.187 e. The average molecular weight is 987 g/mol. The fourth-order valence-electron chi connectivity index (χ4n) is 9.14. The van der Waals surface area contributed by atoms with Crippen LogP contribution in [0.25, 0.3) is 0 Å². The zero-order valence-corrected chi connectivity index (χ0v) is 41.3. The van der Waals surface area contributed by atoms with Crippen molar-refractivity contribution >= 4 is 0 Å². The largest absolute Gasteiger partial charge is 0.374 e. The molecule has 2 fully saturated rings. The normalized spacial score (nSPS) is 24.0. The van der Waals surface area contributed by atoms with Crippen LogP contribution in [0.5, 0.6) is 0 Å². The summed E-state index contributed by atoms with van der Waals surface area (Å²) in [5, 5.41) is 0. The molecule has 2 aliphatic rings. The molecule has 10 atom stereocenters. The van der Waals surface area contributed by atoms with E-state index in [-0.39, 0.29) is 33.0 Å². The Labute approximate surface area is 429 Å². The lowest BCUT2D eigenvalue weighted by Crippen LogP contribution is -2.64. The SMILES string of the molecule is CO[C@@H]1O[C@H](CO[C@@H]2O[C@H](COCc3ccccc3)[C@H](OCc3ccccc3)[C@H](OCc3ccccc3)[C@H]2OCc2ccccc2)[C@H](OCc2ccccc2)[C@H](OCc2ccccc2)[C@H]1OCc1ccccc1.